The molecule has 46 heavy (non-hydrogen) atoms. The molecular formula is C44H42P2. The Bertz CT molecular complexity index is 1820. The van der Waals surface area contributed by atoms with Gasteiger partial charge in [0.1, 0.15) is 0 Å². The fourth-order valence-electron chi connectivity index (χ4n) is 7.47. The molecule has 0 fully saturated rings. The van der Waals surface area contributed by atoms with Gasteiger partial charge in [0.2, 0.25) is 0 Å². The van der Waals surface area contributed by atoms with Crippen LogP contribution in [0.15, 0.2) is 158 Å². The van der Waals surface area contributed by atoms with E-state index in [-0.39, 0.29) is 11.3 Å². The van der Waals surface area contributed by atoms with Gasteiger partial charge >= 0.3 is 0 Å². The molecule has 228 valence electrons. The van der Waals surface area contributed by atoms with E-state index >= 15 is 0 Å². The number of benzene rings is 6. The largest absolute Gasteiger partial charge is 0.0622 e. The molecule has 1 atom stereocenters. The number of aryl methyl sites for hydroxylation is 2. The second-order valence-electron chi connectivity index (χ2n) is 13.0. The van der Waals surface area contributed by atoms with Crippen LogP contribution in [0.2, 0.25) is 0 Å². The Morgan fingerprint density at radius 3 is 1.35 bits per heavy atom. The molecule has 0 aromatic heterocycles. The third-order valence-corrected chi connectivity index (χ3v) is 14.7. The first kappa shape index (κ1) is 30.8. The molecule has 0 nitrogen and oxygen atoms in total. The Labute approximate surface area is 278 Å². The van der Waals surface area contributed by atoms with Crippen LogP contribution in [0.1, 0.15) is 55.4 Å². The van der Waals surface area contributed by atoms with E-state index in [0.717, 1.165) is 12.8 Å². The zero-order valence-corrected chi connectivity index (χ0v) is 28.9. The molecule has 0 amide bonds. The van der Waals surface area contributed by atoms with Crippen LogP contribution in [0.5, 0.6) is 0 Å². The Balaban J connectivity index is 1.53. The van der Waals surface area contributed by atoms with Gasteiger partial charge in [0.05, 0.1) is 0 Å². The molecule has 0 saturated heterocycles. The lowest BCUT2D eigenvalue weighted by molar-refractivity contribution is 0.275. The van der Waals surface area contributed by atoms with Crippen LogP contribution in [0.25, 0.3) is 0 Å². The highest BCUT2D eigenvalue weighted by molar-refractivity contribution is 7.80. The van der Waals surface area contributed by atoms with Crippen molar-refractivity contribution in [1.29, 1.82) is 0 Å². The summed E-state index contributed by atoms with van der Waals surface area (Å²) in [6.45, 7) is 7.42. The van der Waals surface area contributed by atoms with Crippen molar-refractivity contribution in [2.75, 3.05) is 0 Å². The summed E-state index contributed by atoms with van der Waals surface area (Å²) >= 11 is 0. The van der Waals surface area contributed by atoms with Gasteiger partial charge in [0.15, 0.2) is 0 Å². The SMILES string of the molecule is CCc1cccc(P(c2ccccc2)c2ccccc2)c1C1c2c(cccc2P(c2ccccc2)c2ccccc2)CCC1(C)C. The normalized spacial score (nSPS) is 15.5. The first-order valence-corrected chi connectivity index (χ1v) is 19.3. The van der Waals surface area contributed by atoms with E-state index in [0.29, 0.717) is 0 Å². The molecule has 0 saturated carbocycles. The summed E-state index contributed by atoms with van der Waals surface area (Å²) in [4.78, 5) is 0. The summed E-state index contributed by atoms with van der Waals surface area (Å²) in [5.41, 5.74) is 6.25. The van der Waals surface area contributed by atoms with Crippen LogP contribution in [-0.2, 0) is 12.8 Å². The third kappa shape index (κ3) is 5.91. The topological polar surface area (TPSA) is 0 Å². The van der Waals surface area contributed by atoms with E-state index in [4.69, 9.17) is 0 Å². The lowest BCUT2D eigenvalue weighted by Crippen LogP contribution is -2.38. The molecule has 2 heteroatoms. The van der Waals surface area contributed by atoms with E-state index in [1.54, 1.807) is 11.1 Å². The van der Waals surface area contributed by atoms with Crippen molar-refractivity contribution < 1.29 is 0 Å². The summed E-state index contributed by atoms with van der Waals surface area (Å²) in [5.74, 6) is 0.286. The number of rotatable bonds is 8. The molecule has 0 bridgehead atoms. The van der Waals surface area contributed by atoms with E-state index in [1.807, 2.05) is 0 Å². The van der Waals surface area contributed by atoms with Gasteiger partial charge in [0.25, 0.3) is 0 Å². The van der Waals surface area contributed by atoms with E-state index < -0.39 is 15.8 Å². The average Bonchev–Trinajstić information content (AvgIpc) is 3.10. The van der Waals surface area contributed by atoms with Crippen molar-refractivity contribution in [2.24, 2.45) is 5.41 Å². The van der Waals surface area contributed by atoms with E-state index in [9.17, 15) is 0 Å². The van der Waals surface area contributed by atoms with Gasteiger partial charge in [-0.1, -0.05) is 178 Å². The predicted molar refractivity (Wildman–Crippen MR) is 204 cm³/mol. The molecular weight excluding hydrogens is 590 g/mol. The van der Waals surface area contributed by atoms with Gasteiger partial charge < -0.3 is 0 Å². The van der Waals surface area contributed by atoms with Crippen LogP contribution >= 0.6 is 15.8 Å². The minimum atomic E-state index is -0.752. The molecule has 1 unspecified atom stereocenters. The minimum Gasteiger partial charge on any atom is -0.0622 e. The fourth-order valence-corrected chi connectivity index (χ4v) is 12.6. The Kier molecular flexibility index (Phi) is 9.04. The summed E-state index contributed by atoms with van der Waals surface area (Å²) in [6.07, 6.45) is 3.32. The lowest BCUT2D eigenvalue weighted by Gasteiger charge is -2.44. The maximum atomic E-state index is 2.54. The summed E-state index contributed by atoms with van der Waals surface area (Å²) in [7, 11) is -1.49. The first-order chi connectivity index (χ1) is 22.6. The molecule has 0 radical (unpaired) electrons. The molecule has 6 aromatic rings. The van der Waals surface area contributed by atoms with Gasteiger partial charge in [0, 0.05) is 5.92 Å². The highest BCUT2D eigenvalue weighted by Gasteiger charge is 2.42. The lowest BCUT2D eigenvalue weighted by atomic mass is 9.63. The first-order valence-electron chi connectivity index (χ1n) is 16.6. The van der Waals surface area contributed by atoms with Crippen molar-refractivity contribution in [1.82, 2.24) is 0 Å². The monoisotopic (exact) mass is 632 g/mol. The smallest absolute Gasteiger partial charge is 0.0159 e. The van der Waals surface area contributed by atoms with Crippen molar-refractivity contribution in [3.63, 3.8) is 0 Å². The molecule has 0 heterocycles. The average molecular weight is 633 g/mol. The minimum absolute atomic E-state index is 0.0892. The van der Waals surface area contributed by atoms with E-state index in [2.05, 4.69) is 178 Å². The predicted octanol–water partition coefficient (Wildman–Crippen LogP) is 8.87. The maximum absolute atomic E-state index is 2.54. The summed E-state index contributed by atoms with van der Waals surface area (Å²) in [5, 5.41) is 8.69. The Morgan fingerprint density at radius 2 is 0.913 bits per heavy atom. The molecule has 1 aliphatic rings. The summed E-state index contributed by atoms with van der Waals surface area (Å²) < 4.78 is 0. The second-order valence-corrected chi connectivity index (χ2v) is 17.4. The van der Waals surface area contributed by atoms with E-state index in [1.165, 1.54) is 49.4 Å². The number of hydrogen-bond acceptors (Lipinski definition) is 0. The van der Waals surface area contributed by atoms with Crippen molar-refractivity contribution in [2.45, 2.75) is 46.0 Å². The van der Waals surface area contributed by atoms with Crippen molar-refractivity contribution >= 4 is 47.7 Å². The third-order valence-electron chi connectivity index (χ3n) is 9.66. The molecule has 6 aromatic carbocycles. The molecule has 1 aliphatic carbocycles. The fraction of sp³-hybridized carbons (Fsp3) is 0.182. The Morgan fingerprint density at radius 1 is 0.500 bits per heavy atom. The van der Waals surface area contributed by atoms with Gasteiger partial charge in [-0.05, 0) is 94.6 Å². The highest BCUT2D eigenvalue weighted by atomic mass is 31.1. The second kappa shape index (κ2) is 13.5. The zero-order valence-electron chi connectivity index (χ0n) is 27.1. The van der Waals surface area contributed by atoms with Crippen LogP contribution < -0.4 is 31.8 Å². The highest BCUT2D eigenvalue weighted by Crippen LogP contribution is 2.53. The van der Waals surface area contributed by atoms with Crippen LogP contribution in [0.4, 0.5) is 0 Å². The Hall–Kier alpha value is -3.82. The molecule has 0 N–H and O–H groups in total. The van der Waals surface area contributed by atoms with Gasteiger partial charge in [-0.3, -0.25) is 0 Å². The van der Waals surface area contributed by atoms with Gasteiger partial charge in [-0.25, -0.2) is 0 Å². The molecule has 0 aliphatic heterocycles. The molecule has 0 spiro atoms. The summed E-state index contributed by atoms with van der Waals surface area (Å²) in [6, 6.07) is 59.4. The van der Waals surface area contributed by atoms with Crippen LogP contribution in [-0.4, -0.2) is 0 Å². The van der Waals surface area contributed by atoms with Crippen LogP contribution in [0, 0.1) is 5.41 Å². The number of fused-ring (bicyclic) bond motifs is 1. The van der Waals surface area contributed by atoms with Gasteiger partial charge in [-0.15, -0.1) is 0 Å². The van der Waals surface area contributed by atoms with Crippen molar-refractivity contribution in [3.05, 3.63) is 180 Å². The van der Waals surface area contributed by atoms with Gasteiger partial charge in [-0.2, -0.15) is 0 Å². The standard InChI is InChI=1S/C44H42P2/c1-4-33-19-17-29-39(45(35-21-9-5-10-22-35)36-23-11-6-12-24-36)41(33)43-42-34(31-32-44(43,2)3)20-18-30-40(42)46(37-25-13-7-14-26-37)38-27-15-8-16-28-38/h5-30,43H,4,31-32H2,1-3H3. The zero-order chi connectivity index (χ0) is 31.5. The number of hydrogen-bond donors (Lipinski definition) is 0. The quantitative estimate of drug-likeness (QED) is 0.147. The van der Waals surface area contributed by atoms with Crippen molar-refractivity contribution in [3.8, 4) is 0 Å². The molecule has 7 rings (SSSR count). The maximum Gasteiger partial charge on any atom is 0.0159 e. The van der Waals surface area contributed by atoms with Crippen LogP contribution in [0.3, 0.4) is 0 Å².